The van der Waals surface area contributed by atoms with E-state index in [-0.39, 0.29) is 5.91 Å². The Morgan fingerprint density at radius 2 is 2.56 bits per heavy atom. The van der Waals surface area contributed by atoms with Gasteiger partial charge in [-0.1, -0.05) is 0 Å². The number of hydrogen-bond acceptors (Lipinski definition) is 3. The summed E-state index contributed by atoms with van der Waals surface area (Å²) in [6.45, 7) is 1.57. The molecule has 1 amide bonds. The van der Waals surface area contributed by atoms with Gasteiger partial charge < -0.3 is 15.0 Å². The van der Waals surface area contributed by atoms with Crippen molar-refractivity contribution in [3.05, 3.63) is 18.2 Å². The fraction of sp³-hybridized carbons (Fsp3) is 0.692. The molecule has 1 aromatic heterocycles. The van der Waals surface area contributed by atoms with Crippen molar-refractivity contribution in [1.82, 2.24) is 15.3 Å². The molecule has 0 bridgehead atoms. The van der Waals surface area contributed by atoms with E-state index in [1.165, 1.54) is 0 Å². The molecule has 1 aromatic rings. The van der Waals surface area contributed by atoms with Gasteiger partial charge in [-0.3, -0.25) is 4.79 Å². The molecule has 1 unspecified atom stereocenters. The lowest BCUT2D eigenvalue weighted by atomic mass is 10.1. The summed E-state index contributed by atoms with van der Waals surface area (Å²) in [4.78, 5) is 18.8. The minimum absolute atomic E-state index is 0.130. The average molecular weight is 251 g/mol. The molecule has 1 aliphatic heterocycles. The summed E-state index contributed by atoms with van der Waals surface area (Å²) in [5.41, 5.74) is 0. The van der Waals surface area contributed by atoms with Crippen molar-refractivity contribution in [1.29, 1.82) is 0 Å². The minimum atomic E-state index is 0.130. The van der Waals surface area contributed by atoms with Crippen molar-refractivity contribution in [2.75, 3.05) is 13.2 Å². The van der Waals surface area contributed by atoms with Crippen LogP contribution in [-0.2, 0) is 16.0 Å². The van der Waals surface area contributed by atoms with Gasteiger partial charge in [-0.25, -0.2) is 4.98 Å². The second kappa shape index (κ2) is 7.16. The third kappa shape index (κ3) is 4.49. The quantitative estimate of drug-likeness (QED) is 0.720. The lowest BCUT2D eigenvalue weighted by Gasteiger charge is -2.09. The monoisotopic (exact) mass is 251 g/mol. The van der Waals surface area contributed by atoms with Gasteiger partial charge in [-0.05, 0) is 25.7 Å². The van der Waals surface area contributed by atoms with E-state index in [0.29, 0.717) is 19.1 Å². The van der Waals surface area contributed by atoms with Crippen LogP contribution in [0.15, 0.2) is 12.4 Å². The van der Waals surface area contributed by atoms with Crippen molar-refractivity contribution in [3.8, 4) is 0 Å². The van der Waals surface area contributed by atoms with Crippen LogP contribution in [0.25, 0.3) is 0 Å². The van der Waals surface area contributed by atoms with Crippen molar-refractivity contribution < 1.29 is 9.53 Å². The molecular weight excluding hydrogens is 230 g/mol. The first-order valence-electron chi connectivity index (χ1n) is 6.71. The Kier molecular flexibility index (Phi) is 5.20. The van der Waals surface area contributed by atoms with Gasteiger partial charge in [0.2, 0.25) is 5.91 Å². The summed E-state index contributed by atoms with van der Waals surface area (Å²) in [6, 6.07) is 0. The van der Waals surface area contributed by atoms with E-state index in [1.807, 2.05) is 6.20 Å². The second-order valence-electron chi connectivity index (χ2n) is 4.66. The highest BCUT2D eigenvalue weighted by atomic mass is 16.5. The van der Waals surface area contributed by atoms with Crippen LogP contribution < -0.4 is 5.32 Å². The largest absolute Gasteiger partial charge is 0.378 e. The van der Waals surface area contributed by atoms with Crippen LogP contribution in [0.2, 0.25) is 0 Å². The highest BCUT2D eigenvalue weighted by Crippen LogP contribution is 2.16. The molecule has 100 valence electrons. The van der Waals surface area contributed by atoms with Crippen LogP contribution in [0, 0.1) is 0 Å². The second-order valence-corrected chi connectivity index (χ2v) is 4.66. The van der Waals surface area contributed by atoms with Gasteiger partial charge in [0.25, 0.3) is 0 Å². The van der Waals surface area contributed by atoms with E-state index >= 15 is 0 Å². The standard InChI is InChI=1S/C13H21N3O2/c17-13(6-5-11-3-2-10-18-11)16-7-1-4-12-14-8-9-15-12/h8-9,11H,1-7,10H2,(H,14,15)(H,16,17). The number of H-pyrrole nitrogens is 1. The van der Waals surface area contributed by atoms with E-state index in [0.717, 1.165) is 44.5 Å². The number of rotatable bonds is 7. The fourth-order valence-corrected chi connectivity index (χ4v) is 2.17. The zero-order valence-corrected chi connectivity index (χ0v) is 10.7. The SMILES string of the molecule is O=C(CCC1CCCO1)NCCCc1ncc[nH]1. The predicted molar refractivity (Wildman–Crippen MR) is 68.1 cm³/mol. The Morgan fingerprint density at radius 3 is 3.28 bits per heavy atom. The first-order chi connectivity index (χ1) is 8.84. The molecule has 2 heterocycles. The van der Waals surface area contributed by atoms with E-state index in [1.54, 1.807) is 6.20 Å². The van der Waals surface area contributed by atoms with Crippen molar-refractivity contribution in [2.24, 2.45) is 0 Å². The first kappa shape index (κ1) is 13.1. The number of aryl methyl sites for hydroxylation is 1. The molecular formula is C13H21N3O2. The maximum atomic E-state index is 11.6. The molecule has 18 heavy (non-hydrogen) atoms. The number of carbonyl (C=O) groups is 1. The normalized spacial score (nSPS) is 19.0. The molecule has 0 radical (unpaired) electrons. The predicted octanol–water partition coefficient (Wildman–Crippen LogP) is 1.42. The number of aromatic nitrogens is 2. The Hall–Kier alpha value is -1.36. The number of amides is 1. The molecule has 5 nitrogen and oxygen atoms in total. The molecule has 1 aliphatic rings. The lowest BCUT2D eigenvalue weighted by molar-refractivity contribution is -0.121. The van der Waals surface area contributed by atoms with E-state index in [4.69, 9.17) is 4.74 Å². The number of hydrogen-bond donors (Lipinski definition) is 2. The Labute approximate surface area is 107 Å². The van der Waals surface area contributed by atoms with E-state index < -0.39 is 0 Å². The number of nitrogens with one attached hydrogen (secondary N) is 2. The van der Waals surface area contributed by atoms with Crippen molar-refractivity contribution in [2.45, 2.75) is 44.6 Å². The maximum Gasteiger partial charge on any atom is 0.220 e. The lowest BCUT2D eigenvalue weighted by Crippen LogP contribution is -2.25. The zero-order valence-electron chi connectivity index (χ0n) is 10.7. The minimum Gasteiger partial charge on any atom is -0.378 e. The van der Waals surface area contributed by atoms with Crippen molar-refractivity contribution >= 4 is 5.91 Å². The third-order valence-electron chi connectivity index (χ3n) is 3.18. The smallest absolute Gasteiger partial charge is 0.220 e. The van der Waals surface area contributed by atoms with Crippen LogP contribution in [0.4, 0.5) is 0 Å². The highest BCUT2D eigenvalue weighted by molar-refractivity contribution is 5.75. The van der Waals surface area contributed by atoms with Crippen LogP contribution in [-0.4, -0.2) is 35.1 Å². The molecule has 0 aromatic carbocycles. The molecule has 2 rings (SSSR count). The zero-order chi connectivity index (χ0) is 12.6. The summed E-state index contributed by atoms with van der Waals surface area (Å²) in [5.74, 6) is 1.11. The first-order valence-corrected chi connectivity index (χ1v) is 6.71. The van der Waals surface area contributed by atoms with Gasteiger partial charge in [-0.2, -0.15) is 0 Å². The number of ether oxygens (including phenoxy) is 1. The summed E-state index contributed by atoms with van der Waals surface area (Å²) < 4.78 is 5.49. The Morgan fingerprint density at radius 1 is 1.61 bits per heavy atom. The molecule has 1 saturated heterocycles. The third-order valence-corrected chi connectivity index (χ3v) is 3.18. The Balaban J connectivity index is 1.49. The van der Waals surface area contributed by atoms with Gasteiger partial charge in [0.15, 0.2) is 0 Å². The van der Waals surface area contributed by atoms with Gasteiger partial charge >= 0.3 is 0 Å². The van der Waals surface area contributed by atoms with Crippen LogP contribution in [0.5, 0.6) is 0 Å². The molecule has 1 atom stereocenters. The van der Waals surface area contributed by atoms with Crippen molar-refractivity contribution in [3.63, 3.8) is 0 Å². The number of aromatic amines is 1. The summed E-state index contributed by atoms with van der Waals surface area (Å²) in [5, 5.41) is 2.93. The number of imidazole rings is 1. The Bertz CT molecular complexity index is 345. The number of carbonyl (C=O) groups excluding carboxylic acids is 1. The summed E-state index contributed by atoms with van der Waals surface area (Å²) in [7, 11) is 0. The van der Waals surface area contributed by atoms with Gasteiger partial charge in [0, 0.05) is 38.4 Å². The van der Waals surface area contributed by atoms with Gasteiger partial charge in [-0.15, -0.1) is 0 Å². The van der Waals surface area contributed by atoms with Gasteiger partial charge in [0.05, 0.1) is 6.10 Å². The van der Waals surface area contributed by atoms with Crippen LogP contribution in [0.1, 0.15) is 37.9 Å². The van der Waals surface area contributed by atoms with Crippen LogP contribution in [0.3, 0.4) is 0 Å². The van der Waals surface area contributed by atoms with E-state index in [2.05, 4.69) is 15.3 Å². The molecule has 0 spiro atoms. The highest BCUT2D eigenvalue weighted by Gasteiger charge is 2.16. The molecule has 1 fully saturated rings. The van der Waals surface area contributed by atoms with E-state index in [9.17, 15) is 4.79 Å². The molecule has 0 aliphatic carbocycles. The number of nitrogens with zero attached hydrogens (tertiary/aromatic N) is 1. The van der Waals surface area contributed by atoms with Crippen LogP contribution >= 0.6 is 0 Å². The fourth-order valence-electron chi connectivity index (χ4n) is 2.17. The molecule has 0 saturated carbocycles. The average Bonchev–Trinajstić information content (AvgIpc) is 3.04. The molecule has 5 heteroatoms. The summed E-state index contributed by atoms with van der Waals surface area (Å²) in [6.07, 6.45) is 9.32. The molecule has 2 N–H and O–H groups in total. The maximum absolute atomic E-state index is 11.6. The summed E-state index contributed by atoms with van der Waals surface area (Å²) >= 11 is 0. The van der Waals surface area contributed by atoms with Gasteiger partial charge in [0.1, 0.15) is 5.82 Å². The topological polar surface area (TPSA) is 67.0 Å².